The van der Waals surface area contributed by atoms with Crippen molar-refractivity contribution in [2.45, 2.75) is 50.8 Å². The molecule has 0 N–H and O–H groups in total. The average Bonchev–Trinajstić information content (AvgIpc) is 3.34. The molecule has 25 heavy (non-hydrogen) atoms. The Balaban J connectivity index is 1.99. The Bertz CT molecular complexity index is 769. The molecule has 1 aliphatic heterocycles. The Morgan fingerprint density at radius 1 is 1.24 bits per heavy atom. The minimum absolute atomic E-state index is 0.131. The molecule has 3 rings (SSSR count). The number of amides is 1. The van der Waals surface area contributed by atoms with Crippen LogP contribution in [0.4, 0.5) is 5.69 Å². The average molecular weight is 429 g/mol. The van der Waals surface area contributed by atoms with Crippen molar-refractivity contribution in [2.75, 3.05) is 24.5 Å². The molecular formula is C18H25BrN2O3S. The van der Waals surface area contributed by atoms with Gasteiger partial charge in [0.05, 0.1) is 4.90 Å². The van der Waals surface area contributed by atoms with E-state index in [2.05, 4.69) is 15.9 Å². The van der Waals surface area contributed by atoms with Gasteiger partial charge in [0.1, 0.15) is 0 Å². The molecule has 1 aromatic rings. The number of sulfonamides is 1. The zero-order chi connectivity index (χ0) is 18.2. The van der Waals surface area contributed by atoms with Crippen LogP contribution in [0.5, 0.6) is 0 Å². The smallest absolute Gasteiger partial charge is 0.244 e. The third-order valence-corrected chi connectivity index (χ3v) is 7.64. The van der Waals surface area contributed by atoms with E-state index in [9.17, 15) is 13.2 Å². The molecule has 1 heterocycles. The van der Waals surface area contributed by atoms with Gasteiger partial charge in [0.25, 0.3) is 0 Å². The monoisotopic (exact) mass is 428 g/mol. The minimum Gasteiger partial charge on any atom is -0.312 e. The zero-order valence-electron chi connectivity index (χ0n) is 14.8. The Hall–Kier alpha value is -0.920. The van der Waals surface area contributed by atoms with E-state index in [1.165, 1.54) is 0 Å². The van der Waals surface area contributed by atoms with Crippen molar-refractivity contribution in [2.24, 2.45) is 5.92 Å². The van der Waals surface area contributed by atoms with E-state index in [-0.39, 0.29) is 16.7 Å². The van der Waals surface area contributed by atoms with Crippen molar-refractivity contribution in [1.29, 1.82) is 0 Å². The van der Waals surface area contributed by atoms with Crippen molar-refractivity contribution in [1.82, 2.24) is 4.31 Å². The van der Waals surface area contributed by atoms with E-state index < -0.39 is 10.0 Å². The molecule has 2 aliphatic rings. The summed E-state index contributed by atoms with van der Waals surface area (Å²) in [6.45, 7) is 5.61. The number of halogens is 1. The summed E-state index contributed by atoms with van der Waals surface area (Å²) in [6.07, 6.45) is 4.22. The van der Waals surface area contributed by atoms with E-state index >= 15 is 0 Å². The van der Waals surface area contributed by atoms with Gasteiger partial charge in [-0.15, -0.1) is 0 Å². The van der Waals surface area contributed by atoms with Gasteiger partial charge in [-0.25, -0.2) is 8.42 Å². The summed E-state index contributed by atoms with van der Waals surface area (Å²) in [7, 11) is -3.58. The summed E-state index contributed by atoms with van der Waals surface area (Å²) in [6, 6.07) is 3.57. The van der Waals surface area contributed by atoms with Crippen molar-refractivity contribution < 1.29 is 13.2 Å². The minimum atomic E-state index is -3.58. The van der Waals surface area contributed by atoms with E-state index in [1.807, 2.05) is 19.9 Å². The van der Waals surface area contributed by atoms with Crippen LogP contribution in [-0.2, 0) is 21.2 Å². The normalized spacial score (nSPS) is 17.2. The predicted octanol–water partition coefficient (Wildman–Crippen LogP) is 3.56. The van der Waals surface area contributed by atoms with Crippen molar-refractivity contribution in [3.05, 3.63) is 22.2 Å². The summed E-state index contributed by atoms with van der Waals surface area (Å²) >= 11 is 3.45. The Morgan fingerprint density at radius 2 is 1.88 bits per heavy atom. The molecule has 0 atom stereocenters. The first-order valence-electron chi connectivity index (χ1n) is 9.04. The Kier molecular flexibility index (Phi) is 5.56. The molecule has 0 aromatic heterocycles. The highest BCUT2D eigenvalue weighted by Gasteiger charge is 2.37. The first-order chi connectivity index (χ1) is 11.9. The third-order valence-electron chi connectivity index (χ3n) is 4.79. The lowest BCUT2D eigenvalue weighted by Gasteiger charge is -2.23. The molecule has 1 saturated carbocycles. The van der Waals surface area contributed by atoms with Crippen LogP contribution in [-0.4, -0.2) is 38.3 Å². The van der Waals surface area contributed by atoms with Gasteiger partial charge in [-0.05, 0) is 65.7 Å². The first kappa shape index (κ1) is 18.9. The number of carbonyl (C=O) groups excluding carboxylic acids is 1. The van der Waals surface area contributed by atoms with Crippen LogP contribution in [0.3, 0.4) is 0 Å². The second-order valence-corrected chi connectivity index (χ2v) is 9.59. The number of fused-ring (bicyclic) bond motifs is 1. The highest BCUT2D eigenvalue weighted by atomic mass is 79.9. The standard InChI is InChI=1S/C18H25BrN2O3S/c1-3-8-20(9-4-2)25(23,24)17-12-16-14(11-15(17)19)7-10-21(16)18(22)13-5-6-13/h11-13H,3-10H2,1-2H3. The summed E-state index contributed by atoms with van der Waals surface area (Å²) < 4.78 is 28.4. The van der Waals surface area contributed by atoms with Gasteiger partial charge < -0.3 is 4.90 Å². The van der Waals surface area contributed by atoms with Gasteiger partial charge in [-0.2, -0.15) is 4.31 Å². The van der Waals surface area contributed by atoms with Gasteiger partial charge in [0, 0.05) is 35.7 Å². The Labute approximate surface area is 158 Å². The number of carbonyl (C=O) groups is 1. The molecule has 138 valence electrons. The summed E-state index contributed by atoms with van der Waals surface area (Å²) in [4.78, 5) is 14.6. The molecule has 1 amide bonds. The van der Waals surface area contributed by atoms with Crippen LogP contribution in [0, 0.1) is 5.92 Å². The second kappa shape index (κ2) is 7.37. The van der Waals surface area contributed by atoms with Crippen LogP contribution in [0.2, 0.25) is 0 Å². The molecule has 0 radical (unpaired) electrons. The largest absolute Gasteiger partial charge is 0.312 e. The topological polar surface area (TPSA) is 57.7 Å². The van der Waals surface area contributed by atoms with E-state index in [0.29, 0.717) is 24.1 Å². The number of hydrogen-bond donors (Lipinski definition) is 0. The molecule has 1 fully saturated rings. The summed E-state index contributed by atoms with van der Waals surface area (Å²) in [5.74, 6) is 0.273. The molecule has 1 aliphatic carbocycles. The van der Waals surface area contributed by atoms with Gasteiger partial charge in [0.2, 0.25) is 15.9 Å². The van der Waals surface area contributed by atoms with Gasteiger partial charge in [-0.3, -0.25) is 4.79 Å². The van der Waals surface area contributed by atoms with Crippen molar-refractivity contribution in [3.63, 3.8) is 0 Å². The number of anilines is 1. The fourth-order valence-corrected chi connectivity index (χ4v) is 6.05. The van der Waals surface area contributed by atoms with E-state index in [0.717, 1.165) is 43.4 Å². The van der Waals surface area contributed by atoms with Crippen molar-refractivity contribution in [3.8, 4) is 0 Å². The molecule has 0 spiro atoms. The number of hydrogen-bond acceptors (Lipinski definition) is 3. The van der Waals surface area contributed by atoms with Crippen molar-refractivity contribution >= 4 is 37.5 Å². The fourth-order valence-electron chi connectivity index (χ4n) is 3.36. The molecule has 7 heteroatoms. The van der Waals surface area contributed by atoms with Gasteiger partial charge >= 0.3 is 0 Å². The third kappa shape index (κ3) is 3.64. The maximum atomic E-state index is 13.1. The summed E-state index contributed by atoms with van der Waals surface area (Å²) in [5.41, 5.74) is 1.81. The highest BCUT2D eigenvalue weighted by molar-refractivity contribution is 9.10. The highest BCUT2D eigenvalue weighted by Crippen LogP contribution is 2.40. The van der Waals surface area contributed by atoms with Gasteiger partial charge in [-0.1, -0.05) is 13.8 Å². The van der Waals surface area contributed by atoms with Gasteiger partial charge in [0.15, 0.2) is 0 Å². The zero-order valence-corrected chi connectivity index (χ0v) is 17.2. The first-order valence-corrected chi connectivity index (χ1v) is 11.3. The molecular weight excluding hydrogens is 404 g/mol. The number of rotatable bonds is 7. The molecule has 0 bridgehead atoms. The second-order valence-electron chi connectivity index (χ2n) is 6.83. The van der Waals surface area contributed by atoms with Crippen LogP contribution >= 0.6 is 15.9 Å². The number of benzene rings is 1. The maximum absolute atomic E-state index is 13.1. The lowest BCUT2D eigenvalue weighted by molar-refractivity contribution is -0.119. The lowest BCUT2D eigenvalue weighted by atomic mass is 10.2. The van der Waals surface area contributed by atoms with Crippen LogP contribution in [0.15, 0.2) is 21.5 Å². The lowest BCUT2D eigenvalue weighted by Crippen LogP contribution is -2.33. The van der Waals surface area contributed by atoms with E-state index in [1.54, 1.807) is 15.3 Å². The summed E-state index contributed by atoms with van der Waals surface area (Å²) in [5, 5.41) is 0. The quantitative estimate of drug-likeness (QED) is 0.666. The Morgan fingerprint density at radius 3 is 2.44 bits per heavy atom. The SMILES string of the molecule is CCCN(CCC)S(=O)(=O)c1cc2c(cc1Br)CCN2C(=O)C1CC1. The molecule has 1 aromatic carbocycles. The fraction of sp³-hybridized carbons (Fsp3) is 0.611. The van der Waals surface area contributed by atoms with E-state index in [4.69, 9.17) is 0 Å². The molecule has 0 unspecified atom stereocenters. The van der Waals surface area contributed by atoms with Crippen LogP contribution in [0.25, 0.3) is 0 Å². The predicted molar refractivity (Wildman–Crippen MR) is 102 cm³/mol. The molecule has 5 nitrogen and oxygen atoms in total. The van der Waals surface area contributed by atoms with Crippen LogP contribution < -0.4 is 4.90 Å². The van der Waals surface area contributed by atoms with Crippen LogP contribution in [0.1, 0.15) is 45.1 Å². The molecule has 0 saturated heterocycles. The maximum Gasteiger partial charge on any atom is 0.244 e. The number of nitrogens with zero attached hydrogens (tertiary/aromatic N) is 2.